The lowest BCUT2D eigenvalue weighted by Gasteiger charge is -2.21. The highest BCUT2D eigenvalue weighted by molar-refractivity contribution is 6.30. The molecule has 0 bridgehead atoms. The van der Waals surface area contributed by atoms with Crippen LogP contribution in [0.3, 0.4) is 0 Å². The Morgan fingerprint density at radius 2 is 1.89 bits per heavy atom. The van der Waals surface area contributed by atoms with Crippen LogP contribution in [0.25, 0.3) is 0 Å². The molecule has 4 nitrogen and oxygen atoms in total. The zero-order chi connectivity index (χ0) is 12.9. The van der Waals surface area contributed by atoms with Crippen molar-refractivity contribution in [3.05, 3.63) is 34.9 Å². The molecule has 0 aliphatic rings. The maximum Gasteiger partial charge on any atom is 0.295 e. The van der Waals surface area contributed by atoms with Crippen LogP contribution in [0.1, 0.15) is 5.56 Å². The molecule has 0 heterocycles. The first-order chi connectivity index (χ1) is 7.87. The molecular formula is C12H17Cl2N3O. The van der Waals surface area contributed by atoms with E-state index in [4.69, 9.17) is 11.6 Å². The fraction of sp³-hybridized carbons (Fsp3) is 0.333. The van der Waals surface area contributed by atoms with Crippen LogP contribution < -0.4 is 17.8 Å². The van der Waals surface area contributed by atoms with Crippen molar-refractivity contribution in [1.29, 1.82) is 0 Å². The Balaban J connectivity index is 0.00000289. The normalized spacial score (nSPS) is 11.1. The van der Waals surface area contributed by atoms with Crippen molar-refractivity contribution in [2.45, 2.75) is 0 Å². The van der Waals surface area contributed by atoms with Crippen molar-refractivity contribution in [3.63, 3.8) is 0 Å². The van der Waals surface area contributed by atoms with E-state index in [1.54, 1.807) is 18.3 Å². The SMILES string of the molecule is C[N+](C)(C)CC(=O)N/N=C/c1ccc(Cl)cc1.[Cl-]. The summed E-state index contributed by atoms with van der Waals surface area (Å²) in [7, 11) is 5.84. The van der Waals surface area contributed by atoms with Gasteiger partial charge >= 0.3 is 0 Å². The fourth-order valence-corrected chi connectivity index (χ4v) is 1.32. The van der Waals surface area contributed by atoms with Crippen molar-refractivity contribution in [1.82, 2.24) is 5.43 Å². The molecule has 0 saturated heterocycles. The summed E-state index contributed by atoms with van der Waals surface area (Å²) in [5, 5.41) is 4.55. The number of nitrogens with one attached hydrogen (secondary N) is 1. The number of hydrogen-bond donors (Lipinski definition) is 1. The fourth-order valence-electron chi connectivity index (χ4n) is 1.19. The second-order valence-electron chi connectivity index (χ2n) is 4.79. The first kappa shape index (κ1) is 16.9. The van der Waals surface area contributed by atoms with Gasteiger partial charge in [-0.1, -0.05) is 23.7 Å². The number of halogens is 2. The van der Waals surface area contributed by atoms with Gasteiger partial charge in [-0.2, -0.15) is 5.10 Å². The minimum absolute atomic E-state index is 0. The predicted molar refractivity (Wildman–Crippen MR) is 70.1 cm³/mol. The number of hydrogen-bond acceptors (Lipinski definition) is 2. The largest absolute Gasteiger partial charge is 1.00 e. The van der Waals surface area contributed by atoms with Gasteiger partial charge in [0, 0.05) is 5.02 Å². The molecule has 1 rings (SSSR count). The Hall–Kier alpha value is -1.10. The average molecular weight is 290 g/mol. The molecule has 0 aromatic heterocycles. The van der Waals surface area contributed by atoms with E-state index in [0.717, 1.165) is 5.56 Å². The maximum absolute atomic E-state index is 11.4. The summed E-state index contributed by atoms with van der Waals surface area (Å²) in [5.74, 6) is -0.109. The van der Waals surface area contributed by atoms with Gasteiger partial charge in [-0.05, 0) is 17.7 Å². The Bertz CT molecular complexity index is 410. The van der Waals surface area contributed by atoms with E-state index in [1.165, 1.54) is 0 Å². The average Bonchev–Trinajstić information content (AvgIpc) is 2.18. The molecule has 1 N–H and O–H groups in total. The number of benzene rings is 1. The van der Waals surface area contributed by atoms with Gasteiger partial charge in [0.2, 0.25) is 0 Å². The van der Waals surface area contributed by atoms with E-state index >= 15 is 0 Å². The summed E-state index contributed by atoms with van der Waals surface area (Å²) < 4.78 is 0.572. The lowest BCUT2D eigenvalue weighted by atomic mass is 10.2. The predicted octanol–water partition coefficient (Wildman–Crippen LogP) is -1.50. The van der Waals surface area contributed by atoms with Crippen molar-refractivity contribution < 1.29 is 21.7 Å². The summed E-state index contributed by atoms with van der Waals surface area (Å²) in [4.78, 5) is 11.4. The zero-order valence-electron chi connectivity index (χ0n) is 10.7. The third kappa shape index (κ3) is 7.27. The van der Waals surface area contributed by atoms with E-state index in [-0.39, 0.29) is 18.3 Å². The van der Waals surface area contributed by atoms with Gasteiger partial charge in [0.15, 0.2) is 6.54 Å². The van der Waals surface area contributed by atoms with Gasteiger partial charge in [0.1, 0.15) is 0 Å². The third-order valence-corrected chi connectivity index (χ3v) is 2.14. The monoisotopic (exact) mass is 289 g/mol. The van der Waals surface area contributed by atoms with Crippen molar-refractivity contribution >= 4 is 23.7 Å². The Morgan fingerprint density at radius 1 is 1.33 bits per heavy atom. The quantitative estimate of drug-likeness (QED) is 0.409. The van der Waals surface area contributed by atoms with Crippen molar-refractivity contribution in [2.24, 2.45) is 5.10 Å². The number of carbonyl (C=O) groups is 1. The van der Waals surface area contributed by atoms with Crippen molar-refractivity contribution in [2.75, 3.05) is 27.7 Å². The van der Waals surface area contributed by atoms with E-state index < -0.39 is 0 Å². The van der Waals surface area contributed by atoms with Crippen LogP contribution in [0.15, 0.2) is 29.4 Å². The molecule has 0 radical (unpaired) electrons. The number of nitrogens with zero attached hydrogens (tertiary/aromatic N) is 2. The minimum atomic E-state index is -0.109. The van der Waals surface area contributed by atoms with E-state index in [0.29, 0.717) is 16.1 Å². The zero-order valence-corrected chi connectivity index (χ0v) is 12.2. The Morgan fingerprint density at radius 3 is 2.39 bits per heavy atom. The summed E-state index contributed by atoms with van der Waals surface area (Å²) >= 11 is 5.75. The van der Waals surface area contributed by atoms with Gasteiger partial charge in [-0.25, -0.2) is 5.43 Å². The summed E-state index contributed by atoms with van der Waals surface area (Å²) in [6.45, 7) is 0.387. The maximum atomic E-state index is 11.4. The topological polar surface area (TPSA) is 41.5 Å². The molecule has 0 aliphatic carbocycles. The van der Waals surface area contributed by atoms with Crippen LogP contribution in [0, 0.1) is 0 Å². The van der Waals surface area contributed by atoms with Gasteiger partial charge < -0.3 is 16.9 Å². The molecule has 1 amide bonds. The molecule has 0 fully saturated rings. The molecule has 100 valence electrons. The van der Waals surface area contributed by atoms with Gasteiger partial charge in [-0.3, -0.25) is 4.79 Å². The van der Waals surface area contributed by atoms with Gasteiger partial charge in [0.25, 0.3) is 5.91 Å². The highest BCUT2D eigenvalue weighted by Gasteiger charge is 2.12. The molecule has 1 aromatic carbocycles. The second kappa shape index (κ2) is 7.36. The van der Waals surface area contributed by atoms with Crippen LogP contribution in [0.4, 0.5) is 0 Å². The van der Waals surface area contributed by atoms with Crippen LogP contribution >= 0.6 is 11.6 Å². The van der Waals surface area contributed by atoms with E-state index in [9.17, 15) is 4.79 Å². The smallest absolute Gasteiger partial charge is 0.295 e. The highest BCUT2D eigenvalue weighted by atomic mass is 35.5. The lowest BCUT2D eigenvalue weighted by Crippen LogP contribution is -3.00. The summed E-state index contributed by atoms with van der Waals surface area (Å²) in [5.41, 5.74) is 3.37. The molecule has 6 heteroatoms. The number of rotatable bonds is 4. The first-order valence-corrected chi connectivity index (χ1v) is 5.62. The third-order valence-electron chi connectivity index (χ3n) is 1.89. The molecule has 0 unspecified atom stereocenters. The lowest BCUT2D eigenvalue weighted by molar-refractivity contribution is -0.862. The number of carbonyl (C=O) groups excluding carboxylic acids is 1. The Labute approximate surface area is 119 Å². The highest BCUT2D eigenvalue weighted by Crippen LogP contribution is 2.07. The first-order valence-electron chi connectivity index (χ1n) is 5.25. The number of quaternary nitrogens is 1. The van der Waals surface area contributed by atoms with E-state index in [2.05, 4.69) is 10.5 Å². The molecule has 0 atom stereocenters. The van der Waals surface area contributed by atoms with Crippen LogP contribution in [-0.4, -0.2) is 44.3 Å². The van der Waals surface area contributed by atoms with Crippen LogP contribution in [-0.2, 0) is 4.79 Å². The second-order valence-corrected chi connectivity index (χ2v) is 5.23. The molecule has 0 spiro atoms. The molecule has 18 heavy (non-hydrogen) atoms. The Kier molecular flexibility index (Phi) is 6.91. The standard InChI is InChI=1S/C12H16ClN3O.ClH/c1-16(2,3)9-12(17)15-14-8-10-4-6-11(13)7-5-10;/h4-8H,9H2,1-3H3;1H/b14-8+;. The number of likely N-dealkylation sites (N-methyl/N-ethyl adjacent to an activating group) is 1. The van der Waals surface area contributed by atoms with E-state index in [1.807, 2.05) is 33.3 Å². The summed E-state index contributed by atoms with van der Waals surface area (Å²) in [6.07, 6.45) is 1.59. The molecular weight excluding hydrogens is 273 g/mol. The van der Waals surface area contributed by atoms with Crippen molar-refractivity contribution in [3.8, 4) is 0 Å². The molecule has 0 aliphatic heterocycles. The number of amides is 1. The van der Waals surface area contributed by atoms with Crippen LogP contribution in [0.5, 0.6) is 0 Å². The summed E-state index contributed by atoms with van der Waals surface area (Å²) in [6, 6.07) is 7.21. The molecule has 0 saturated carbocycles. The number of hydrazone groups is 1. The van der Waals surface area contributed by atoms with Gasteiger partial charge in [0.05, 0.1) is 27.4 Å². The molecule has 1 aromatic rings. The van der Waals surface area contributed by atoms with Crippen LogP contribution in [0.2, 0.25) is 5.02 Å². The minimum Gasteiger partial charge on any atom is -1.00 e. The van der Waals surface area contributed by atoms with Gasteiger partial charge in [-0.15, -0.1) is 0 Å².